The van der Waals surface area contributed by atoms with E-state index < -0.39 is 37.5 Å². The Labute approximate surface area is 361 Å². The molecule has 1 unspecified atom stereocenters. The second-order valence-electron chi connectivity index (χ2n) is 15.3. The van der Waals surface area contributed by atoms with Crippen molar-refractivity contribution in [2.75, 3.05) is 109 Å². The normalized spacial score (nSPS) is 16.3. The number of anilines is 3. The lowest BCUT2D eigenvalue weighted by Crippen LogP contribution is -3.09. The number of quaternary nitrogens is 1. The molecule has 3 aromatic carbocycles. The Kier molecular flexibility index (Phi) is 15.1. The second-order valence-corrected chi connectivity index (χ2v) is 15.3. The van der Waals surface area contributed by atoms with Crippen LogP contribution < -0.4 is 33.8 Å². The van der Waals surface area contributed by atoms with Crippen LogP contribution in [0.4, 0.5) is 17.1 Å². The van der Waals surface area contributed by atoms with Crippen LogP contribution in [0.3, 0.4) is 0 Å². The van der Waals surface area contributed by atoms with Gasteiger partial charge >= 0.3 is 23.9 Å². The van der Waals surface area contributed by atoms with Gasteiger partial charge in [0, 0.05) is 75.6 Å². The van der Waals surface area contributed by atoms with Gasteiger partial charge in [0.2, 0.25) is 13.6 Å². The first kappa shape index (κ1) is 45.0. The maximum absolute atomic E-state index is 13.2. The summed E-state index contributed by atoms with van der Waals surface area (Å²) in [6.45, 7) is 4.05. The van der Waals surface area contributed by atoms with Crippen molar-refractivity contribution < 1.29 is 62.0 Å². The molecule has 0 saturated carbocycles. The minimum Gasteiger partial charge on any atom is -0.488 e. The summed E-state index contributed by atoms with van der Waals surface area (Å²) in [5.74, 6) is 0.0847. The van der Waals surface area contributed by atoms with Crippen molar-refractivity contribution >= 4 is 46.5 Å². The number of aryl methyl sites for hydroxylation is 1. The van der Waals surface area contributed by atoms with E-state index in [9.17, 15) is 19.2 Å². The van der Waals surface area contributed by atoms with Gasteiger partial charge < -0.3 is 57.5 Å². The fourth-order valence-electron chi connectivity index (χ4n) is 7.03. The molecule has 0 fully saturated rings. The molecule has 0 amide bonds. The third-order valence-corrected chi connectivity index (χ3v) is 10.2. The van der Waals surface area contributed by atoms with Gasteiger partial charge in [0.25, 0.3) is 0 Å². The van der Waals surface area contributed by atoms with Crippen LogP contribution >= 0.6 is 0 Å². The van der Waals surface area contributed by atoms with E-state index in [1.165, 1.54) is 18.7 Å². The van der Waals surface area contributed by atoms with E-state index in [0.717, 1.165) is 45.0 Å². The summed E-state index contributed by atoms with van der Waals surface area (Å²) in [5.41, 5.74) is 6.81. The molecule has 0 spiro atoms. The average molecular weight is 856 g/mol. The third-order valence-electron chi connectivity index (χ3n) is 10.2. The number of rotatable bonds is 11. The number of nitrogens with one attached hydrogen (secondary N) is 1. The highest BCUT2D eigenvalue weighted by Crippen LogP contribution is 2.46. The smallest absolute Gasteiger partial charge is 0.328 e. The van der Waals surface area contributed by atoms with Crippen LogP contribution in [0.25, 0.3) is 5.57 Å². The lowest BCUT2D eigenvalue weighted by Gasteiger charge is -2.30. The van der Waals surface area contributed by atoms with Gasteiger partial charge in [0.05, 0.1) is 38.7 Å². The number of hydrogen-bond acceptors (Lipinski definition) is 15. The van der Waals surface area contributed by atoms with Gasteiger partial charge in [-0.1, -0.05) is 12.1 Å². The van der Waals surface area contributed by atoms with E-state index in [2.05, 4.69) is 44.5 Å². The van der Waals surface area contributed by atoms with Gasteiger partial charge in [0.15, 0.2) is 0 Å². The number of benzene rings is 3. The summed E-state index contributed by atoms with van der Waals surface area (Å²) in [4.78, 5) is 55.6. The number of carbonyl (C=O) groups excluding carboxylic acids is 4. The summed E-state index contributed by atoms with van der Waals surface area (Å²) < 4.78 is 45.8. The summed E-state index contributed by atoms with van der Waals surface area (Å²) >= 11 is 0. The van der Waals surface area contributed by atoms with Crippen molar-refractivity contribution in [2.45, 2.75) is 26.8 Å². The number of esters is 4. The number of likely N-dealkylation sites (N-methyl/N-ethyl adjacent to an activating group) is 1. The van der Waals surface area contributed by atoms with E-state index in [1.54, 1.807) is 9.80 Å². The van der Waals surface area contributed by atoms with E-state index >= 15 is 0 Å². The molecule has 1 atom stereocenters. The van der Waals surface area contributed by atoms with Crippen LogP contribution in [0.5, 0.6) is 17.2 Å². The van der Waals surface area contributed by atoms with Crippen molar-refractivity contribution in [3.8, 4) is 17.2 Å². The molecule has 2 heterocycles. The predicted molar refractivity (Wildman–Crippen MR) is 231 cm³/mol. The summed E-state index contributed by atoms with van der Waals surface area (Å²) in [7, 11) is 8.18. The molecule has 2 aliphatic heterocycles. The predicted octanol–water partition coefficient (Wildman–Crippen LogP) is 3.45. The number of fused-ring (bicyclic) bond motifs is 4. The summed E-state index contributed by atoms with van der Waals surface area (Å²) in [6, 6.07) is 17.8. The molecule has 16 heteroatoms. The zero-order valence-electron chi connectivity index (χ0n) is 36.3. The Morgan fingerprint density at radius 1 is 0.742 bits per heavy atom. The summed E-state index contributed by atoms with van der Waals surface area (Å²) in [5, 5.41) is 0. The molecule has 16 nitrogen and oxygen atoms in total. The highest BCUT2D eigenvalue weighted by molar-refractivity contribution is 5.92. The molecule has 330 valence electrons. The lowest BCUT2D eigenvalue weighted by molar-refractivity contribution is -0.871. The highest BCUT2D eigenvalue weighted by Gasteiger charge is 2.30. The Hall–Kier alpha value is -6.52. The number of allylic oxidation sites excluding steroid dienone is 1. The minimum atomic E-state index is -0.633. The molecule has 62 heavy (non-hydrogen) atoms. The Bertz CT molecular complexity index is 2230. The first-order valence-electron chi connectivity index (χ1n) is 20.4. The minimum absolute atomic E-state index is 0.103. The second kappa shape index (κ2) is 20.8. The number of nitrogens with zero attached hydrogens (tertiary/aromatic N) is 3. The first-order valence-corrected chi connectivity index (χ1v) is 20.4. The molecule has 0 saturated heterocycles. The van der Waals surface area contributed by atoms with Crippen LogP contribution in [0.2, 0.25) is 0 Å². The highest BCUT2D eigenvalue weighted by atomic mass is 16.7. The Morgan fingerprint density at radius 3 is 1.92 bits per heavy atom. The topological polar surface area (TPSA) is 156 Å². The van der Waals surface area contributed by atoms with Crippen molar-refractivity contribution in [3.05, 3.63) is 101 Å². The fraction of sp³-hybridized carbons (Fsp3) is 0.391. The van der Waals surface area contributed by atoms with Crippen LogP contribution in [0.1, 0.15) is 30.5 Å². The lowest BCUT2D eigenvalue weighted by atomic mass is 9.86. The van der Waals surface area contributed by atoms with Crippen LogP contribution in [-0.2, 0) is 42.9 Å². The standard InChI is InChI=1S/C46H54N4O12/c1-30-8-14-38-42(22-30)56-20-21-57-43-23-33(46-36-12-10-34(47(4)5)24-40(36)62-41-25-35(48(6)7)11-13-37(41)46)9-15-39(43)50(27-45(54)61-29-59-32(3)52)17-19-55-18-16-49(38)26-44(53)60-28-58-31(2)51/h8-15,22-25,34H,16-21,26-29H2,1-7H3/p+1. The molecule has 0 radical (unpaired) electrons. The van der Waals surface area contributed by atoms with Crippen molar-refractivity contribution in [2.24, 2.45) is 0 Å². The summed E-state index contributed by atoms with van der Waals surface area (Å²) in [6.07, 6.45) is 6.42. The van der Waals surface area contributed by atoms with E-state index in [0.29, 0.717) is 22.9 Å². The van der Waals surface area contributed by atoms with Crippen molar-refractivity contribution in [1.29, 1.82) is 0 Å². The molecule has 0 aromatic heterocycles. The zero-order chi connectivity index (χ0) is 44.3. The first-order chi connectivity index (χ1) is 29.8. The van der Waals surface area contributed by atoms with Gasteiger partial charge in [-0.25, -0.2) is 0 Å². The van der Waals surface area contributed by atoms with E-state index in [-0.39, 0.29) is 58.6 Å². The molecular formula is C46H55N4O12+. The molecule has 0 bridgehead atoms. The van der Waals surface area contributed by atoms with Gasteiger partial charge in [-0.3, -0.25) is 19.2 Å². The zero-order valence-corrected chi connectivity index (χ0v) is 36.3. The van der Waals surface area contributed by atoms with Gasteiger partial charge in [-0.2, -0.15) is 0 Å². The van der Waals surface area contributed by atoms with Gasteiger partial charge in [-0.05, 0) is 66.6 Å². The SMILES string of the molecule is CC(=O)OCOC(=O)CN1CCOCCN(CC(=O)OCOC(C)=O)c2ccc(C3=C4C=CC([NH+](C)C)C=C4Oc4cc(N(C)C)ccc43)cc2OCCOc2cc(C)ccc21. The monoisotopic (exact) mass is 855 g/mol. The molecule has 3 aliphatic rings. The van der Waals surface area contributed by atoms with Crippen LogP contribution in [0, 0.1) is 6.92 Å². The van der Waals surface area contributed by atoms with E-state index in [1.807, 2.05) is 68.4 Å². The van der Waals surface area contributed by atoms with Crippen LogP contribution in [0.15, 0.2) is 84.2 Å². The van der Waals surface area contributed by atoms with Gasteiger partial charge in [0.1, 0.15) is 55.4 Å². The Morgan fingerprint density at radius 2 is 1.34 bits per heavy atom. The van der Waals surface area contributed by atoms with E-state index in [4.69, 9.17) is 37.9 Å². The number of carbonyl (C=O) groups is 4. The largest absolute Gasteiger partial charge is 0.488 e. The molecule has 6 rings (SSSR count). The third kappa shape index (κ3) is 11.6. The maximum Gasteiger partial charge on any atom is 0.328 e. The maximum atomic E-state index is 13.2. The number of hydrogen-bond donors (Lipinski definition) is 1. The Balaban J connectivity index is 1.37. The van der Waals surface area contributed by atoms with Crippen LogP contribution in [-0.4, -0.2) is 124 Å². The molecule has 1 aliphatic carbocycles. The fourth-order valence-corrected chi connectivity index (χ4v) is 7.03. The van der Waals surface area contributed by atoms with Crippen molar-refractivity contribution in [3.63, 3.8) is 0 Å². The average Bonchev–Trinajstić information content (AvgIpc) is 3.22. The molecular weight excluding hydrogens is 801 g/mol. The van der Waals surface area contributed by atoms with Crippen molar-refractivity contribution in [1.82, 2.24) is 0 Å². The molecule has 3 aromatic rings. The number of ether oxygens (including phenoxy) is 8. The molecule has 1 N–H and O–H groups in total. The quantitative estimate of drug-likeness (QED) is 0.221. The van der Waals surface area contributed by atoms with Gasteiger partial charge in [-0.15, -0.1) is 0 Å².